The molecule has 0 spiro atoms. The molecule has 7 heteroatoms. The van der Waals surface area contributed by atoms with Crippen molar-refractivity contribution in [3.05, 3.63) is 47.1 Å². The molecule has 0 atom stereocenters. The molecule has 3 aromatic rings. The summed E-state index contributed by atoms with van der Waals surface area (Å²) in [7, 11) is 1.62. The van der Waals surface area contributed by atoms with Gasteiger partial charge < -0.3 is 5.32 Å². The van der Waals surface area contributed by atoms with Crippen molar-refractivity contribution in [2.45, 2.75) is 6.54 Å². The average molecular weight is 382 g/mol. The Morgan fingerprint density at radius 3 is 2.68 bits per heavy atom. The number of amides is 1. The van der Waals surface area contributed by atoms with Gasteiger partial charge in [-0.2, -0.15) is 0 Å². The molecular formula is C15H14BrClN4O. The first-order valence-electron chi connectivity index (χ1n) is 6.47. The predicted molar refractivity (Wildman–Crippen MR) is 92.0 cm³/mol. The molecule has 2 aromatic heterocycles. The van der Waals surface area contributed by atoms with Crippen LogP contribution >= 0.6 is 28.3 Å². The summed E-state index contributed by atoms with van der Waals surface area (Å²) >= 11 is 3.42. The molecule has 5 nitrogen and oxygen atoms in total. The number of hydrogen-bond acceptors (Lipinski definition) is 3. The topological polar surface area (TPSA) is 59.8 Å². The number of pyridine rings is 1. The van der Waals surface area contributed by atoms with E-state index >= 15 is 0 Å². The highest BCUT2D eigenvalue weighted by Gasteiger charge is 2.15. The normalized spacial score (nSPS) is 10.3. The summed E-state index contributed by atoms with van der Waals surface area (Å²) < 4.78 is 2.83. The van der Waals surface area contributed by atoms with Crippen molar-refractivity contribution >= 4 is 45.4 Å². The molecule has 2 heterocycles. The van der Waals surface area contributed by atoms with Crippen LogP contribution in [0.25, 0.3) is 22.6 Å². The lowest BCUT2D eigenvalue weighted by molar-refractivity contribution is -0.121. The lowest BCUT2D eigenvalue weighted by Gasteiger charge is -2.07. The summed E-state index contributed by atoms with van der Waals surface area (Å²) in [6, 6.07) is 11.6. The largest absolute Gasteiger partial charge is 0.358 e. The molecule has 3 rings (SSSR count). The molecular weight excluding hydrogens is 368 g/mol. The standard InChI is InChI=1S/C15H13BrN4O.ClH/c1-17-13(21)9-20-14(10-4-6-11(16)7-5-10)19-12-3-2-8-18-15(12)20;/h2-8H,9H2,1H3,(H,17,21);1H. The van der Waals surface area contributed by atoms with Gasteiger partial charge in [0.15, 0.2) is 5.65 Å². The second-order valence-corrected chi connectivity index (χ2v) is 5.46. The van der Waals surface area contributed by atoms with Gasteiger partial charge in [-0.05, 0) is 24.3 Å². The minimum absolute atomic E-state index is 0. The molecule has 22 heavy (non-hydrogen) atoms. The summed E-state index contributed by atoms with van der Waals surface area (Å²) in [5.41, 5.74) is 2.43. The minimum atomic E-state index is -0.0849. The smallest absolute Gasteiger partial charge is 0.239 e. The Bertz CT molecular complexity index is 801. The molecule has 0 saturated carbocycles. The third-order valence-corrected chi connectivity index (χ3v) is 3.72. The summed E-state index contributed by atoms with van der Waals surface area (Å²) in [6.45, 7) is 0.190. The number of nitrogens with zero attached hydrogens (tertiary/aromatic N) is 3. The van der Waals surface area contributed by atoms with Gasteiger partial charge in [-0.1, -0.05) is 28.1 Å². The molecule has 0 bridgehead atoms. The Kier molecular flexibility index (Phi) is 5.15. The van der Waals surface area contributed by atoms with Crippen molar-refractivity contribution in [3.63, 3.8) is 0 Å². The van der Waals surface area contributed by atoms with E-state index in [1.54, 1.807) is 13.2 Å². The third kappa shape index (κ3) is 3.13. The van der Waals surface area contributed by atoms with Gasteiger partial charge in [0.25, 0.3) is 0 Å². The fourth-order valence-electron chi connectivity index (χ4n) is 2.15. The van der Waals surface area contributed by atoms with E-state index in [1.807, 2.05) is 41.0 Å². The lowest BCUT2D eigenvalue weighted by atomic mass is 10.2. The molecule has 0 aliphatic carbocycles. The summed E-state index contributed by atoms with van der Waals surface area (Å²) in [5.74, 6) is 0.651. The van der Waals surface area contributed by atoms with E-state index in [0.29, 0.717) is 5.65 Å². The minimum Gasteiger partial charge on any atom is -0.358 e. The molecule has 114 valence electrons. The molecule has 0 fully saturated rings. The van der Waals surface area contributed by atoms with Crippen LogP contribution in [0.1, 0.15) is 0 Å². The van der Waals surface area contributed by atoms with E-state index in [-0.39, 0.29) is 24.9 Å². The number of carbonyl (C=O) groups is 1. The number of likely N-dealkylation sites (N-methyl/N-ethyl adjacent to an activating group) is 1. The highest BCUT2D eigenvalue weighted by molar-refractivity contribution is 9.10. The van der Waals surface area contributed by atoms with Gasteiger partial charge in [0, 0.05) is 23.3 Å². The van der Waals surface area contributed by atoms with Crippen LogP contribution < -0.4 is 5.32 Å². The Balaban J connectivity index is 0.00000176. The van der Waals surface area contributed by atoms with Crippen LogP contribution in [-0.4, -0.2) is 27.5 Å². The van der Waals surface area contributed by atoms with Crippen molar-refractivity contribution in [2.75, 3.05) is 7.05 Å². The molecule has 0 aliphatic heterocycles. The van der Waals surface area contributed by atoms with Gasteiger partial charge >= 0.3 is 0 Å². The molecule has 0 radical (unpaired) electrons. The SMILES string of the molecule is CNC(=O)Cn1c(-c2ccc(Br)cc2)nc2cccnc21.Cl. The number of imidazole rings is 1. The Labute approximate surface area is 142 Å². The van der Waals surface area contributed by atoms with Crippen LogP contribution in [-0.2, 0) is 11.3 Å². The second-order valence-electron chi connectivity index (χ2n) is 4.55. The molecule has 0 aliphatic rings. The monoisotopic (exact) mass is 380 g/mol. The van der Waals surface area contributed by atoms with Crippen molar-refractivity contribution in [2.24, 2.45) is 0 Å². The summed E-state index contributed by atoms with van der Waals surface area (Å²) in [5, 5.41) is 2.63. The fraction of sp³-hybridized carbons (Fsp3) is 0.133. The Hall–Kier alpha value is -1.92. The second kappa shape index (κ2) is 6.89. The van der Waals surface area contributed by atoms with Crippen LogP contribution in [0.3, 0.4) is 0 Å². The maximum atomic E-state index is 11.8. The van der Waals surface area contributed by atoms with E-state index in [0.717, 1.165) is 21.4 Å². The zero-order valence-electron chi connectivity index (χ0n) is 11.8. The van der Waals surface area contributed by atoms with E-state index < -0.39 is 0 Å². The molecule has 0 unspecified atom stereocenters. The highest BCUT2D eigenvalue weighted by Crippen LogP contribution is 2.24. The number of nitrogens with one attached hydrogen (secondary N) is 1. The quantitative estimate of drug-likeness (QED) is 0.758. The molecule has 1 N–H and O–H groups in total. The van der Waals surface area contributed by atoms with Gasteiger partial charge in [-0.25, -0.2) is 9.97 Å². The first-order valence-corrected chi connectivity index (χ1v) is 7.26. The van der Waals surface area contributed by atoms with Crippen molar-refractivity contribution in [1.82, 2.24) is 19.9 Å². The summed E-state index contributed by atoms with van der Waals surface area (Å²) in [6.07, 6.45) is 1.70. The number of halogens is 2. The van der Waals surface area contributed by atoms with Crippen LogP contribution in [0.2, 0.25) is 0 Å². The maximum Gasteiger partial charge on any atom is 0.239 e. The van der Waals surface area contributed by atoms with E-state index in [1.165, 1.54) is 0 Å². The van der Waals surface area contributed by atoms with Gasteiger partial charge in [0.2, 0.25) is 5.91 Å². The van der Waals surface area contributed by atoms with Crippen molar-refractivity contribution in [1.29, 1.82) is 0 Å². The number of carbonyl (C=O) groups excluding carboxylic acids is 1. The van der Waals surface area contributed by atoms with Gasteiger partial charge in [0.1, 0.15) is 17.9 Å². The zero-order chi connectivity index (χ0) is 14.8. The number of hydrogen-bond donors (Lipinski definition) is 1. The predicted octanol–water partition coefficient (Wildman–Crippen LogP) is 3.03. The fourth-order valence-corrected chi connectivity index (χ4v) is 2.41. The van der Waals surface area contributed by atoms with E-state index in [9.17, 15) is 4.79 Å². The average Bonchev–Trinajstić information content (AvgIpc) is 2.87. The van der Waals surface area contributed by atoms with Gasteiger partial charge in [-0.15, -0.1) is 12.4 Å². The number of aromatic nitrogens is 3. The van der Waals surface area contributed by atoms with Gasteiger partial charge in [-0.3, -0.25) is 9.36 Å². The Morgan fingerprint density at radius 1 is 1.27 bits per heavy atom. The lowest BCUT2D eigenvalue weighted by Crippen LogP contribution is -2.24. The Morgan fingerprint density at radius 2 is 2.00 bits per heavy atom. The van der Waals surface area contributed by atoms with Crippen molar-refractivity contribution in [3.8, 4) is 11.4 Å². The third-order valence-electron chi connectivity index (χ3n) is 3.19. The maximum absolute atomic E-state index is 11.8. The van der Waals surface area contributed by atoms with Crippen LogP contribution in [0.4, 0.5) is 0 Å². The number of benzene rings is 1. The molecule has 1 aromatic carbocycles. The highest BCUT2D eigenvalue weighted by atomic mass is 79.9. The molecule has 1 amide bonds. The molecule has 0 saturated heterocycles. The van der Waals surface area contributed by atoms with Crippen LogP contribution in [0.15, 0.2) is 47.1 Å². The van der Waals surface area contributed by atoms with Gasteiger partial charge in [0.05, 0.1) is 0 Å². The number of fused-ring (bicyclic) bond motifs is 1. The summed E-state index contributed by atoms with van der Waals surface area (Å²) in [4.78, 5) is 20.7. The van der Waals surface area contributed by atoms with E-state index in [4.69, 9.17) is 0 Å². The zero-order valence-corrected chi connectivity index (χ0v) is 14.2. The van der Waals surface area contributed by atoms with Crippen LogP contribution in [0, 0.1) is 0 Å². The van der Waals surface area contributed by atoms with Crippen molar-refractivity contribution < 1.29 is 4.79 Å². The van der Waals surface area contributed by atoms with Crippen LogP contribution in [0.5, 0.6) is 0 Å². The number of rotatable bonds is 3. The first-order chi connectivity index (χ1) is 10.2. The van der Waals surface area contributed by atoms with E-state index in [2.05, 4.69) is 31.2 Å². The first kappa shape index (κ1) is 16.5.